The average Bonchev–Trinajstić information content (AvgIpc) is 3.93. The number of esters is 1. The predicted octanol–water partition coefficient (Wildman–Crippen LogP) is 3.44. The summed E-state index contributed by atoms with van der Waals surface area (Å²) in [6, 6.07) is 20.1. The highest BCUT2D eigenvalue weighted by Crippen LogP contribution is 2.37. The molecule has 0 saturated carbocycles. The van der Waals surface area contributed by atoms with Crippen LogP contribution in [0.3, 0.4) is 0 Å². The molecule has 2 aromatic carbocycles. The maximum absolute atomic E-state index is 13.0. The van der Waals surface area contributed by atoms with Crippen LogP contribution in [0.4, 0.5) is 24.9 Å². The first-order valence-electron chi connectivity index (χ1n) is 15.7. The summed E-state index contributed by atoms with van der Waals surface area (Å²) in [6.45, 7) is 0.821. The summed E-state index contributed by atoms with van der Waals surface area (Å²) in [5, 5.41) is 24.4. The summed E-state index contributed by atoms with van der Waals surface area (Å²) in [4.78, 5) is 32.0. The summed E-state index contributed by atoms with van der Waals surface area (Å²) in [5.41, 5.74) is 2.70. The highest BCUT2D eigenvalue weighted by atomic mass is 19.4. The third kappa shape index (κ3) is 6.54. The number of anilines is 2. The van der Waals surface area contributed by atoms with E-state index in [1.165, 1.54) is 10.9 Å². The van der Waals surface area contributed by atoms with Crippen LogP contribution in [0.15, 0.2) is 85.7 Å². The Morgan fingerprint density at radius 1 is 1.06 bits per heavy atom. The number of nitrogens with zero attached hydrogens (tertiary/aromatic N) is 7. The average molecular weight is 679 g/mol. The van der Waals surface area contributed by atoms with Crippen molar-refractivity contribution in [3.63, 3.8) is 0 Å². The molecule has 5 atom stereocenters. The van der Waals surface area contributed by atoms with E-state index in [1.807, 2.05) is 76.3 Å². The van der Waals surface area contributed by atoms with Crippen molar-refractivity contribution < 1.29 is 37.7 Å². The van der Waals surface area contributed by atoms with E-state index in [0.717, 1.165) is 17.5 Å². The molecule has 5 aromatic rings. The molecule has 16 heteroatoms. The van der Waals surface area contributed by atoms with Gasteiger partial charge >= 0.3 is 12.1 Å². The first-order valence-corrected chi connectivity index (χ1v) is 15.7. The van der Waals surface area contributed by atoms with Crippen LogP contribution < -0.4 is 10.2 Å². The molecule has 49 heavy (non-hydrogen) atoms. The lowest BCUT2D eigenvalue weighted by Gasteiger charge is -2.22. The lowest BCUT2D eigenvalue weighted by atomic mass is 9.91. The van der Waals surface area contributed by atoms with Crippen molar-refractivity contribution in [1.82, 2.24) is 29.1 Å². The van der Waals surface area contributed by atoms with Gasteiger partial charge in [-0.2, -0.15) is 23.1 Å². The van der Waals surface area contributed by atoms with Gasteiger partial charge in [0.2, 0.25) is 5.95 Å². The molecule has 2 aliphatic rings. The monoisotopic (exact) mass is 678 g/mol. The van der Waals surface area contributed by atoms with Crippen molar-refractivity contribution in [3.05, 3.63) is 96.8 Å². The molecular formula is C33H33F3N8O5. The van der Waals surface area contributed by atoms with Crippen molar-refractivity contribution in [2.45, 2.75) is 49.1 Å². The lowest BCUT2D eigenvalue weighted by molar-refractivity contribution is -0.210. The van der Waals surface area contributed by atoms with Gasteiger partial charge in [-0.25, -0.2) is 14.8 Å². The number of rotatable bonds is 10. The van der Waals surface area contributed by atoms with Crippen molar-refractivity contribution in [2.24, 2.45) is 0 Å². The van der Waals surface area contributed by atoms with Gasteiger partial charge in [0.1, 0.15) is 12.2 Å². The Morgan fingerprint density at radius 2 is 1.78 bits per heavy atom. The first kappa shape index (κ1) is 32.5. The Morgan fingerprint density at radius 3 is 2.41 bits per heavy atom. The third-order valence-electron chi connectivity index (χ3n) is 8.92. The Hall–Kier alpha value is -5.06. The molecule has 13 nitrogen and oxygen atoms in total. The van der Waals surface area contributed by atoms with Gasteiger partial charge < -0.3 is 34.5 Å². The lowest BCUT2D eigenvalue weighted by Crippen LogP contribution is -2.41. The Kier molecular flexibility index (Phi) is 8.92. The predicted molar refractivity (Wildman–Crippen MR) is 170 cm³/mol. The highest BCUT2D eigenvalue weighted by Gasteiger charge is 2.51. The van der Waals surface area contributed by atoms with Crippen molar-refractivity contribution in [1.29, 1.82) is 0 Å². The van der Waals surface area contributed by atoms with Crippen LogP contribution in [0.2, 0.25) is 0 Å². The molecule has 256 valence electrons. The largest absolute Gasteiger partial charge is 0.490 e. The first-order chi connectivity index (χ1) is 23.7. The molecule has 0 spiro atoms. The normalized spacial score (nSPS) is 22.7. The number of aromatic nitrogens is 6. The Balaban J connectivity index is 1.25. The quantitative estimate of drug-likeness (QED) is 0.186. The molecule has 5 heterocycles. The fourth-order valence-electron chi connectivity index (χ4n) is 6.44. The summed E-state index contributed by atoms with van der Waals surface area (Å²) in [6.07, 6.45) is -4.21. The van der Waals surface area contributed by atoms with E-state index >= 15 is 0 Å². The van der Waals surface area contributed by atoms with Gasteiger partial charge in [0, 0.05) is 37.9 Å². The van der Waals surface area contributed by atoms with Gasteiger partial charge in [-0.1, -0.05) is 60.7 Å². The van der Waals surface area contributed by atoms with Crippen LogP contribution in [0.5, 0.6) is 0 Å². The SMILES string of the molecule is O=C(O[C@H]1[C@@H](O)[C@H](n2cnc3c(NCC(c4ccccc4)c4ccccc4)nc(N4CC[C@@H](n5ccnc5)C4)nc32)O[C@@H]1CO)C(F)(F)F. The molecule has 3 N–H and O–H groups in total. The van der Waals surface area contributed by atoms with Gasteiger partial charge in [0.25, 0.3) is 0 Å². The number of hydrogen-bond donors (Lipinski definition) is 3. The fourth-order valence-corrected chi connectivity index (χ4v) is 6.44. The standard InChI is InChI=1S/C33H33F3N8O5/c34-33(35,36)31(47)49-27-24(17-45)48-30(26(27)46)44-19-39-25-28(38-15-23(20-7-3-1-4-8-20)21-9-5-2-6-10-21)40-32(41-29(25)44)42-13-11-22(16-42)43-14-12-37-18-43/h1-10,12,14,18-19,22-24,26-27,30,45-46H,11,13,15-17H2,(H,38,40,41)/t22-,24-,26-,27-,30-/m1/s1. The van der Waals surface area contributed by atoms with E-state index in [2.05, 4.69) is 20.0 Å². The maximum atomic E-state index is 13.0. The van der Waals surface area contributed by atoms with Crippen LogP contribution in [0.25, 0.3) is 11.2 Å². The second-order valence-electron chi connectivity index (χ2n) is 12.0. The van der Waals surface area contributed by atoms with Gasteiger partial charge in [0.15, 0.2) is 29.3 Å². The number of benzene rings is 2. The van der Waals surface area contributed by atoms with Crippen molar-refractivity contribution in [3.8, 4) is 0 Å². The molecule has 0 unspecified atom stereocenters. The van der Waals surface area contributed by atoms with Gasteiger partial charge in [-0.05, 0) is 17.5 Å². The zero-order valence-corrected chi connectivity index (χ0v) is 26.0. The number of ether oxygens (including phenoxy) is 2. The number of aliphatic hydroxyl groups is 2. The topological polar surface area (TPSA) is 153 Å². The highest BCUT2D eigenvalue weighted by molar-refractivity contribution is 5.84. The van der Waals surface area contributed by atoms with Crippen LogP contribution in [-0.2, 0) is 14.3 Å². The Bertz CT molecular complexity index is 1840. The number of aliphatic hydroxyl groups excluding tert-OH is 2. The number of carbonyl (C=O) groups is 1. The summed E-state index contributed by atoms with van der Waals surface area (Å²) < 4.78 is 52.8. The number of nitrogens with one attached hydrogen (secondary N) is 1. The van der Waals surface area contributed by atoms with E-state index in [0.29, 0.717) is 36.9 Å². The van der Waals surface area contributed by atoms with Crippen molar-refractivity contribution in [2.75, 3.05) is 36.5 Å². The molecule has 0 amide bonds. The molecule has 7 rings (SSSR count). The second-order valence-corrected chi connectivity index (χ2v) is 12.0. The van der Waals surface area contributed by atoms with Gasteiger partial charge in [-0.15, -0.1) is 0 Å². The number of halogens is 3. The number of alkyl halides is 3. The number of imidazole rings is 2. The van der Waals surface area contributed by atoms with Crippen LogP contribution in [-0.4, -0.2) is 96.0 Å². The van der Waals surface area contributed by atoms with Gasteiger partial charge in [0.05, 0.1) is 25.3 Å². The molecule has 3 aromatic heterocycles. The molecular weight excluding hydrogens is 645 g/mol. The minimum absolute atomic E-state index is 0.0651. The zero-order chi connectivity index (χ0) is 34.1. The summed E-state index contributed by atoms with van der Waals surface area (Å²) in [5.74, 6) is -1.81. The minimum Gasteiger partial charge on any atom is -0.450 e. The molecule has 2 aliphatic heterocycles. The van der Waals surface area contributed by atoms with Crippen molar-refractivity contribution >= 4 is 28.9 Å². The third-order valence-corrected chi connectivity index (χ3v) is 8.92. The molecule has 0 radical (unpaired) electrons. The minimum atomic E-state index is -5.30. The van der Waals surface area contributed by atoms with E-state index in [-0.39, 0.29) is 17.6 Å². The Labute approximate surface area is 278 Å². The number of hydrogen-bond acceptors (Lipinski definition) is 11. The van der Waals surface area contributed by atoms with Crippen LogP contribution in [0, 0.1) is 0 Å². The molecule has 0 bridgehead atoms. The smallest absolute Gasteiger partial charge is 0.450 e. The second kappa shape index (κ2) is 13.4. The fraction of sp³-hybridized carbons (Fsp3) is 0.364. The van der Waals surface area contributed by atoms with E-state index in [4.69, 9.17) is 14.7 Å². The number of fused-ring (bicyclic) bond motifs is 1. The van der Waals surface area contributed by atoms with Gasteiger partial charge in [-0.3, -0.25) is 4.57 Å². The van der Waals surface area contributed by atoms with Crippen LogP contribution >= 0.6 is 0 Å². The van der Waals surface area contributed by atoms with Crippen LogP contribution in [0.1, 0.15) is 35.7 Å². The maximum Gasteiger partial charge on any atom is 0.490 e. The molecule has 2 saturated heterocycles. The molecule has 2 fully saturated rings. The van der Waals surface area contributed by atoms with E-state index < -0.39 is 43.3 Å². The summed E-state index contributed by atoms with van der Waals surface area (Å²) in [7, 11) is 0. The zero-order valence-electron chi connectivity index (χ0n) is 26.0. The molecule has 0 aliphatic carbocycles. The van der Waals surface area contributed by atoms with E-state index in [9.17, 15) is 28.2 Å². The van der Waals surface area contributed by atoms with E-state index in [1.54, 1.807) is 12.5 Å². The number of carbonyl (C=O) groups excluding carboxylic acids is 1. The summed E-state index contributed by atoms with van der Waals surface area (Å²) >= 11 is 0.